The molecule has 0 unspecified atom stereocenters. The van der Waals surface area contributed by atoms with Gasteiger partial charge in [0.15, 0.2) is 0 Å². The van der Waals surface area contributed by atoms with Crippen molar-refractivity contribution in [1.29, 1.82) is 0 Å². The highest BCUT2D eigenvalue weighted by molar-refractivity contribution is 5.39. The van der Waals surface area contributed by atoms with Crippen LogP contribution in [-0.2, 0) is 11.3 Å². The molecule has 2 heterocycles. The molecule has 0 radical (unpaired) electrons. The Bertz CT molecular complexity index is 446. The average Bonchev–Trinajstić information content (AvgIpc) is 2.75. The standard InChI is InChI=1S/C14H21N3O/c1-12(2)15-7-5-9-18-11-13-10-17-8-4-3-6-14(17)16-13/h3-4,6,8,10,12,15H,5,7,9,11H2,1-2H3. The Morgan fingerprint density at radius 3 is 3.06 bits per heavy atom. The Morgan fingerprint density at radius 1 is 1.39 bits per heavy atom. The van der Waals surface area contributed by atoms with Crippen molar-refractivity contribution in [3.05, 3.63) is 36.3 Å². The van der Waals surface area contributed by atoms with E-state index >= 15 is 0 Å². The minimum atomic E-state index is 0.545. The first-order valence-corrected chi connectivity index (χ1v) is 6.49. The number of nitrogens with one attached hydrogen (secondary N) is 1. The predicted molar refractivity (Wildman–Crippen MR) is 72.6 cm³/mol. The van der Waals surface area contributed by atoms with Crippen LogP contribution in [0.1, 0.15) is 26.0 Å². The molecule has 0 aromatic carbocycles. The van der Waals surface area contributed by atoms with Gasteiger partial charge in [0.25, 0.3) is 0 Å². The van der Waals surface area contributed by atoms with Gasteiger partial charge in [0.05, 0.1) is 12.3 Å². The molecule has 1 N–H and O–H groups in total. The molecule has 0 saturated heterocycles. The van der Waals surface area contributed by atoms with Crippen LogP contribution in [0.15, 0.2) is 30.6 Å². The summed E-state index contributed by atoms with van der Waals surface area (Å²) in [5, 5.41) is 3.37. The second kappa shape index (κ2) is 6.52. The molecule has 4 nitrogen and oxygen atoms in total. The zero-order valence-corrected chi connectivity index (χ0v) is 11.1. The van der Waals surface area contributed by atoms with Gasteiger partial charge in [-0.2, -0.15) is 0 Å². The van der Waals surface area contributed by atoms with Gasteiger partial charge in [0.1, 0.15) is 5.65 Å². The van der Waals surface area contributed by atoms with E-state index in [4.69, 9.17) is 4.74 Å². The van der Waals surface area contributed by atoms with Crippen LogP contribution in [0.3, 0.4) is 0 Å². The molecule has 0 spiro atoms. The van der Waals surface area contributed by atoms with Gasteiger partial charge in [0, 0.05) is 25.0 Å². The van der Waals surface area contributed by atoms with Gasteiger partial charge < -0.3 is 14.5 Å². The summed E-state index contributed by atoms with van der Waals surface area (Å²) in [4.78, 5) is 4.48. The molecule has 18 heavy (non-hydrogen) atoms. The van der Waals surface area contributed by atoms with Crippen molar-refractivity contribution in [2.24, 2.45) is 0 Å². The normalized spacial score (nSPS) is 11.5. The van der Waals surface area contributed by atoms with Crippen molar-refractivity contribution < 1.29 is 4.74 Å². The molecule has 0 amide bonds. The summed E-state index contributed by atoms with van der Waals surface area (Å²) in [5.74, 6) is 0. The van der Waals surface area contributed by atoms with Crippen LogP contribution in [0.5, 0.6) is 0 Å². The van der Waals surface area contributed by atoms with E-state index in [1.165, 1.54) is 0 Å². The molecule has 0 bridgehead atoms. The van der Waals surface area contributed by atoms with Crippen LogP contribution in [0, 0.1) is 0 Å². The first-order valence-electron chi connectivity index (χ1n) is 6.49. The fourth-order valence-corrected chi connectivity index (χ4v) is 1.80. The van der Waals surface area contributed by atoms with Gasteiger partial charge in [-0.05, 0) is 25.1 Å². The zero-order chi connectivity index (χ0) is 12.8. The number of rotatable bonds is 7. The van der Waals surface area contributed by atoms with E-state index in [0.29, 0.717) is 12.6 Å². The lowest BCUT2D eigenvalue weighted by Crippen LogP contribution is -2.24. The maximum atomic E-state index is 5.62. The number of pyridine rings is 1. The molecule has 4 heteroatoms. The average molecular weight is 247 g/mol. The summed E-state index contributed by atoms with van der Waals surface area (Å²) < 4.78 is 7.63. The minimum absolute atomic E-state index is 0.545. The summed E-state index contributed by atoms with van der Waals surface area (Å²) in [6.45, 7) is 6.66. The maximum absolute atomic E-state index is 5.62. The number of hydrogen-bond donors (Lipinski definition) is 1. The minimum Gasteiger partial charge on any atom is -0.375 e. The molecular formula is C14H21N3O. The molecule has 0 saturated carbocycles. The number of ether oxygens (including phenoxy) is 1. The molecule has 0 aliphatic carbocycles. The summed E-state index contributed by atoms with van der Waals surface area (Å²) in [7, 11) is 0. The lowest BCUT2D eigenvalue weighted by molar-refractivity contribution is 0.116. The van der Waals surface area contributed by atoms with E-state index in [9.17, 15) is 0 Å². The van der Waals surface area contributed by atoms with Gasteiger partial charge in [-0.3, -0.25) is 0 Å². The van der Waals surface area contributed by atoms with Crippen LogP contribution in [-0.4, -0.2) is 28.6 Å². The van der Waals surface area contributed by atoms with E-state index in [1.54, 1.807) is 0 Å². The molecule has 2 rings (SSSR count). The third-order valence-electron chi connectivity index (χ3n) is 2.68. The maximum Gasteiger partial charge on any atom is 0.137 e. The van der Waals surface area contributed by atoms with E-state index < -0.39 is 0 Å². The lowest BCUT2D eigenvalue weighted by atomic mass is 10.3. The van der Waals surface area contributed by atoms with Gasteiger partial charge in [0.2, 0.25) is 0 Å². The monoisotopic (exact) mass is 247 g/mol. The summed E-state index contributed by atoms with van der Waals surface area (Å²) in [6.07, 6.45) is 5.05. The van der Waals surface area contributed by atoms with Gasteiger partial charge in [-0.15, -0.1) is 0 Å². The molecule has 2 aromatic rings. The largest absolute Gasteiger partial charge is 0.375 e. The number of fused-ring (bicyclic) bond motifs is 1. The second-order valence-electron chi connectivity index (χ2n) is 4.71. The fourth-order valence-electron chi connectivity index (χ4n) is 1.80. The van der Waals surface area contributed by atoms with E-state index in [2.05, 4.69) is 24.1 Å². The van der Waals surface area contributed by atoms with Gasteiger partial charge >= 0.3 is 0 Å². The first-order chi connectivity index (χ1) is 8.75. The van der Waals surface area contributed by atoms with Crippen LogP contribution in [0.2, 0.25) is 0 Å². The highest BCUT2D eigenvalue weighted by Crippen LogP contribution is 2.05. The van der Waals surface area contributed by atoms with Crippen molar-refractivity contribution in [3.63, 3.8) is 0 Å². The molecule has 0 fully saturated rings. The highest BCUT2D eigenvalue weighted by atomic mass is 16.5. The third-order valence-corrected chi connectivity index (χ3v) is 2.68. The van der Waals surface area contributed by atoms with Crippen LogP contribution >= 0.6 is 0 Å². The van der Waals surface area contributed by atoms with Crippen molar-refractivity contribution in [1.82, 2.24) is 14.7 Å². The van der Waals surface area contributed by atoms with Crippen molar-refractivity contribution in [2.75, 3.05) is 13.2 Å². The van der Waals surface area contributed by atoms with E-state index in [1.807, 2.05) is 35.0 Å². The zero-order valence-electron chi connectivity index (χ0n) is 11.1. The Kier molecular flexibility index (Phi) is 4.73. The molecule has 2 aromatic heterocycles. The molecule has 0 aliphatic rings. The van der Waals surface area contributed by atoms with E-state index in [0.717, 1.165) is 30.9 Å². The summed E-state index contributed by atoms with van der Waals surface area (Å²) in [6, 6.07) is 6.53. The summed E-state index contributed by atoms with van der Waals surface area (Å²) >= 11 is 0. The van der Waals surface area contributed by atoms with Gasteiger partial charge in [-0.1, -0.05) is 19.9 Å². The fraction of sp³-hybridized carbons (Fsp3) is 0.500. The highest BCUT2D eigenvalue weighted by Gasteiger charge is 2.00. The Morgan fingerprint density at radius 2 is 2.28 bits per heavy atom. The smallest absolute Gasteiger partial charge is 0.137 e. The topological polar surface area (TPSA) is 38.6 Å². The molecule has 0 atom stereocenters. The van der Waals surface area contributed by atoms with Crippen molar-refractivity contribution in [2.45, 2.75) is 32.9 Å². The third kappa shape index (κ3) is 3.82. The lowest BCUT2D eigenvalue weighted by Gasteiger charge is -2.07. The molecular weight excluding hydrogens is 226 g/mol. The Labute approximate surface area is 108 Å². The SMILES string of the molecule is CC(C)NCCCOCc1cn2ccccc2n1. The Balaban J connectivity index is 1.70. The van der Waals surface area contributed by atoms with E-state index in [-0.39, 0.29) is 0 Å². The first kappa shape index (κ1) is 13.1. The Hall–Kier alpha value is -1.39. The summed E-state index contributed by atoms with van der Waals surface area (Å²) in [5.41, 5.74) is 1.95. The number of imidazole rings is 1. The van der Waals surface area contributed by atoms with Crippen LogP contribution < -0.4 is 5.32 Å². The van der Waals surface area contributed by atoms with Crippen molar-refractivity contribution in [3.8, 4) is 0 Å². The number of nitrogens with zero attached hydrogens (tertiary/aromatic N) is 2. The predicted octanol–water partition coefficient (Wildman–Crippen LogP) is 2.24. The van der Waals surface area contributed by atoms with Gasteiger partial charge in [-0.25, -0.2) is 4.98 Å². The number of hydrogen-bond acceptors (Lipinski definition) is 3. The second-order valence-corrected chi connectivity index (χ2v) is 4.71. The van der Waals surface area contributed by atoms with Crippen LogP contribution in [0.25, 0.3) is 5.65 Å². The number of aromatic nitrogens is 2. The molecule has 98 valence electrons. The molecule has 0 aliphatic heterocycles. The quantitative estimate of drug-likeness (QED) is 0.763. The van der Waals surface area contributed by atoms with Crippen LogP contribution in [0.4, 0.5) is 0 Å². The van der Waals surface area contributed by atoms with Crippen molar-refractivity contribution >= 4 is 5.65 Å².